The lowest BCUT2D eigenvalue weighted by Crippen LogP contribution is -2.56. The van der Waals surface area contributed by atoms with Crippen LogP contribution in [-0.2, 0) is 14.4 Å². The Morgan fingerprint density at radius 1 is 1.06 bits per heavy atom. The van der Waals surface area contributed by atoms with Crippen molar-refractivity contribution in [3.05, 3.63) is 0 Å². The maximum Gasteiger partial charge on any atom is 0.236 e. The smallest absolute Gasteiger partial charge is 0.236 e. The van der Waals surface area contributed by atoms with E-state index in [1.54, 1.807) is 23.9 Å². The van der Waals surface area contributed by atoms with Gasteiger partial charge in [-0.3, -0.25) is 14.4 Å². The van der Waals surface area contributed by atoms with Crippen molar-refractivity contribution in [2.45, 2.75) is 25.7 Å². The predicted octanol–water partition coefficient (Wildman–Crippen LogP) is 0.250. The average Bonchev–Trinajstić information content (AvgIpc) is 2.27. The number of nitrogens with zero attached hydrogens (tertiary/aromatic N) is 2. The van der Waals surface area contributed by atoms with Crippen molar-refractivity contribution in [3.63, 3.8) is 0 Å². The SMILES string of the molecule is CN1CN(C)C(=O)C(C2CCCC(=O)C2)C1=O. The van der Waals surface area contributed by atoms with Gasteiger partial charge in [0.25, 0.3) is 0 Å². The minimum atomic E-state index is -0.636. The molecule has 0 aromatic heterocycles. The van der Waals surface area contributed by atoms with Gasteiger partial charge in [-0.05, 0) is 18.8 Å². The van der Waals surface area contributed by atoms with Gasteiger partial charge in [0.1, 0.15) is 11.7 Å². The summed E-state index contributed by atoms with van der Waals surface area (Å²) in [5.74, 6) is -0.817. The van der Waals surface area contributed by atoms with Gasteiger partial charge >= 0.3 is 0 Å². The highest BCUT2D eigenvalue weighted by atomic mass is 16.2. The molecule has 2 amide bonds. The van der Waals surface area contributed by atoms with Gasteiger partial charge in [-0.2, -0.15) is 0 Å². The Bertz CT molecular complexity index is 347. The lowest BCUT2D eigenvalue weighted by Gasteiger charge is -2.39. The minimum absolute atomic E-state index is 0.0959. The Morgan fingerprint density at radius 2 is 1.65 bits per heavy atom. The molecule has 0 spiro atoms. The first-order valence-corrected chi connectivity index (χ1v) is 6.02. The number of ketones is 1. The zero-order valence-corrected chi connectivity index (χ0v) is 10.3. The molecule has 1 saturated heterocycles. The van der Waals surface area contributed by atoms with Crippen LogP contribution in [0.1, 0.15) is 25.7 Å². The Kier molecular flexibility index (Phi) is 3.17. The minimum Gasteiger partial charge on any atom is -0.327 e. The molecule has 1 heterocycles. The molecule has 0 aromatic carbocycles. The lowest BCUT2D eigenvalue weighted by molar-refractivity contribution is -0.159. The van der Waals surface area contributed by atoms with Crippen molar-refractivity contribution in [2.24, 2.45) is 11.8 Å². The van der Waals surface area contributed by atoms with Gasteiger partial charge in [0, 0.05) is 26.9 Å². The van der Waals surface area contributed by atoms with E-state index in [-0.39, 0.29) is 23.5 Å². The molecule has 0 aromatic rings. The van der Waals surface area contributed by atoms with Crippen LogP contribution in [0.3, 0.4) is 0 Å². The molecule has 2 rings (SSSR count). The molecule has 1 saturated carbocycles. The fourth-order valence-electron chi connectivity index (χ4n) is 2.78. The summed E-state index contributed by atoms with van der Waals surface area (Å²) in [6.45, 7) is 0.342. The Balaban J connectivity index is 2.18. The molecule has 0 radical (unpaired) electrons. The van der Waals surface area contributed by atoms with E-state index in [2.05, 4.69) is 0 Å². The molecule has 94 valence electrons. The van der Waals surface area contributed by atoms with E-state index in [4.69, 9.17) is 0 Å². The number of amides is 2. The van der Waals surface area contributed by atoms with Gasteiger partial charge in [-0.1, -0.05) is 0 Å². The van der Waals surface area contributed by atoms with Crippen LogP contribution in [0.5, 0.6) is 0 Å². The molecule has 1 aliphatic carbocycles. The highest BCUT2D eigenvalue weighted by Gasteiger charge is 2.43. The molecule has 0 N–H and O–H groups in total. The van der Waals surface area contributed by atoms with E-state index in [0.29, 0.717) is 19.5 Å². The van der Waals surface area contributed by atoms with Gasteiger partial charge in [-0.25, -0.2) is 0 Å². The summed E-state index contributed by atoms with van der Waals surface area (Å²) in [5.41, 5.74) is 0. The van der Waals surface area contributed by atoms with Crippen LogP contribution >= 0.6 is 0 Å². The van der Waals surface area contributed by atoms with Crippen molar-refractivity contribution in [1.29, 1.82) is 0 Å². The highest BCUT2D eigenvalue weighted by Crippen LogP contribution is 2.32. The summed E-state index contributed by atoms with van der Waals surface area (Å²) < 4.78 is 0. The third-order valence-electron chi connectivity index (χ3n) is 3.70. The van der Waals surface area contributed by atoms with Crippen molar-refractivity contribution < 1.29 is 14.4 Å². The van der Waals surface area contributed by atoms with E-state index in [9.17, 15) is 14.4 Å². The molecule has 1 atom stereocenters. The fourth-order valence-corrected chi connectivity index (χ4v) is 2.78. The third kappa shape index (κ3) is 2.18. The highest BCUT2D eigenvalue weighted by molar-refractivity contribution is 6.02. The zero-order chi connectivity index (χ0) is 12.6. The number of carbonyl (C=O) groups excluding carboxylic acids is 3. The van der Waals surface area contributed by atoms with Gasteiger partial charge in [0.05, 0.1) is 6.67 Å². The average molecular weight is 238 g/mol. The van der Waals surface area contributed by atoms with Crippen LogP contribution < -0.4 is 0 Å². The third-order valence-corrected chi connectivity index (χ3v) is 3.70. The van der Waals surface area contributed by atoms with Crippen LogP contribution in [0.4, 0.5) is 0 Å². The van der Waals surface area contributed by atoms with Gasteiger partial charge in [0.2, 0.25) is 11.8 Å². The molecule has 1 unspecified atom stereocenters. The number of carbonyl (C=O) groups is 3. The summed E-state index contributed by atoms with van der Waals surface area (Å²) in [6, 6.07) is 0. The second-order valence-electron chi connectivity index (χ2n) is 5.09. The van der Waals surface area contributed by atoms with Crippen LogP contribution in [0, 0.1) is 11.8 Å². The first-order chi connectivity index (χ1) is 8.00. The second kappa shape index (κ2) is 4.47. The molecule has 5 nitrogen and oxygen atoms in total. The molecular formula is C12H18N2O3. The molecule has 5 heteroatoms. The maximum atomic E-state index is 12.1. The summed E-state index contributed by atoms with van der Waals surface area (Å²) in [5, 5.41) is 0. The molecular weight excluding hydrogens is 220 g/mol. The van der Waals surface area contributed by atoms with E-state index in [0.717, 1.165) is 12.8 Å². The van der Waals surface area contributed by atoms with Crippen molar-refractivity contribution >= 4 is 17.6 Å². The lowest BCUT2D eigenvalue weighted by atomic mass is 9.77. The van der Waals surface area contributed by atoms with Crippen LogP contribution in [0.15, 0.2) is 0 Å². The molecule has 1 aliphatic heterocycles. The van der Waals surface area contributed by atoms with Crippen LogP contribution in [0.2, 0.25) is 0 Å². The Hall–Kier alpha value is -1.39. The van der Waals surface area contributed by atoms with Crippen molar-refractivity contribution in [1.82, 2.24) is 9.80 Å². The van der Waals surface area contributed by atoms with E-state index in [1.165, 1.54) is 0 Å². The zero-order valence-electron chi connectivity index (χ0n) is 10.3. The quantitative estimate of drug-likeness (QED) is 0.615. The van der Waals surface area contributed by atoms with E-state index >= 15 is 0 Å². The first-order valence-electron chi connectivity index (χ1n) is 6.02. The molecule has 2 fully saturated rings. The van der Waals surface area contributed by atoms with Crippen molar-refractivity contribution in [3.8, 4) is 0 Å². The Morgan fingerprint density at radius 3 is 2.18 bits per heavy atom. The number of rotatable bonds is 1. The predicted molar refractivity (Wildman–Crippen MR) is 60.9 cm³/mol. The fraction of sp³-hybridized carbons (Fsp3) is 0.750. The summed E-state index contributed by atoms with van der Waals surface area (Å²) in [7, 11) is 3.39. The Labute approximate surface area is 101 Å². The number of hydrogen-bond donors (Lipinski definition) is 0. The van der Waals surface area contributed by atoms with E-state index in [1.807, 2.05) is 0 Å². The van der Waals surface area contributed by atoms with E-state index < -0.39 is 5.92 Å². The van der Waals surface area contributed by atoms with Crippen LogP contribution in [-0.4, -0.2) is 48.2 Å². The van der Waals surface area contributed by atoms with Crippen molar-refractivity contribution in [2.75, 3.05) is 20.8 Å². The first kappa shape index (κ1) is 12.1. The normalized spacial score (nSPS) is 27.9. The monoisotopic (exact) mass is 238 g/mol. The molecule has 0 bridgehead atoms. The number of Topliss-reactive ketones (excluding diaryl/α,β-unsaturated/α-hetero) is 1. The molecule has 2 aliphatic rings. The maximum absolute atomic E-state index is 12.1. The summed E-state index contributed by atoms with van der Waals surface area (Å²) in [6.07, 6.45) is 2.57. The second-order valence-corrected chi connectivity index (χ2v) is 5.09. The van der Waals surface area contributed by atoms with Gasteiger partial charge in [-0.15, -0.1) is 0 Å². The van der Waals surface area contributed by atoms with Crippen LogP contribution in [0.25, 0.3) is 0 Å². The standard InChI is InChI=1S/C12H18N2O3/c1-13-7-14(2)12(17)10(11(13)16)8-4-3-5-9(15)6-8/h8,10H,3-7H2,1-2H3. The van der Waals surface area contributed by atoms with Gasteiger partial charge < -0.3 is 9.80 Å². The largest absolute Gasteiger partial charge is 0.327 e. The summed E-state index contributed by atoms with van der Waals surface area (Å²) >= 11 is 0. The summed E-state index contributed by atoms with van der Waals surface area (Å²) in [4.78, 5) is 38.7. The topological polar surface area (TPSA) is 57.7 Å². The van der Waals surface area contributed by atoms with Gasteiger partial charge in [0.15, 0.2) is 0 Å². The number of hydrogen-bond acceptors (Lipinski definition) is 3. The molecule has 17 heavy (non-hydrogen) atoms.